The van der Waals surface area contributed by atoms with Gasteiger partial charge < -0.3 is 0 Å². The van der Waals surface area contributed by atoms with Gasteiger partial charge in [0.25, 0.3) is 0 Å². The Kier molecular flexibility index (Phi) is 5.09. The molecule has 3 rings (SSSR count). The minimum atomic E-state index is -3.65. The van der Waals surface area contributed by atoms with Crippen LogP contribution in [0.5, 0.6) is 0 Å². The lowest BCUT2D eigenvalue weighted by Gasteiger charge is -2.44. The van der Waals surface area contributed by atoms with Crippen LogP contribution in [0.25, 0.3) is 0 Å². The third kappa shape index (κ3) is 2.91. The van der Waals surface area contributed by atoms with Crippen molar-refractivity contribution in [2.45, 2.75) is 49.5 Å². The second kappa shape index (κ2) is 7.02. The van der Waals surface area contributed by atoms with Gasteiger partial charge in [0.2, 0.25) is 10.0 Å². The molecule has 0 bridgehead atoms. The molecule has 1 aromatic rings. The van der Waals surface area contributed by atoms with E-state index in [0.29, 0.717) is 17.0 Å². The lowest BCUT2D eigenvalue weighted by Crippen LogP contribution is -2.51. The Hall–Kier alpha value is -1.90. The molecule has 2 atom stereocenters. The van der Waals surface area contributed by atoms with Gasteiger partial charge in [-0.1, -0.05) is 49.6 Å². The van der Waals surface area contributed by atoms with Gasteiger partial charge in [-0.15, -0.1) is 6.58 Å². The first kappa shape index (κ1) is 18.9. The van der Waals surface area contributed by atoms with Gasteiger partial charge in [0.05, 0.1) is 11.0 Å². The largest absolute Gasteiger partial charge is 0.243 e. The molecule has 0 unspecified atom stereocenters. The monoisotopic (exact) mass is 370 g/mol. The molecule has 1 aromatic carbocycles. The molecule has 1 aliphatic heterocycles. The van der Waals surface area contributed by atoms with Gasteiger partial charge in [-0.2, -0.15) is 9.57 Å². The second-order valence-corrected chi connectivity index (χ2v) is 9.38. The van der Waals surface area contributed by atoms with E-state index in [1.54, 1.807) is 16.4 Å². The van der Waals surface area contributed by atoms with Crippen molar-refractivity contribution in [2.75, 3.05) is 6.54 Å². The molecule has 5 heteroatoms. The Morgan fingerprint density at radius 1 is 1.27 bits per heavy atom. The number of sulfonamides is 1. The standard InChI is InChI=1S/C21H26N2O2S/c1-4-20-19(17(3)14-22)15-23(21(20)12-6-5-7-13-21)26(24,25)18-10-8-16(2)9-11-18/h4,8-11,19-20H,1,3,5-7,12-13,15H2,2H3/t19-,20+/m1/s1. The Balaban J connectivity index is 2.11. The minimum Gasteiger partial charge on any atom is -0.207 e. The lowest BCUT2D eigenvalue weighted by molar-refractivity contribution is 0.140. The SMILES string of the molecule is C=C[C@H]1[C@@H](C(=C)C#N)CN(S(=O)(=O)c2ccc(C)cc2)C12CCCCC2. The molecule has 0 aromatic heterocycles. The van der Waals surface area contributed by atoms with E-state index in [9.17, 15) is 13.7 Å². The van der Waals surface area contributed by atoms with Gasteiger partial charge in [-0.3, -0.25) is 0 Å². The first-order valence-electron chi connectivity index (χ1n) is 9.18. The summed E-state index contributed by atoms with van der Waals surface area (Å²) in [6.07, 6.45) is 6.58. The fourth-order valence-corrected chi connectivity index (χ4v) is 6.60. The molecular weight excluding hydrogens is 344 g/mol. The van der Waals surface area contributed by atoms with Crippen molar-refractivity contribution in [3.05, 3.63) is 54.6 Å². The Labute approximate surface area is 156 Å². The number of benzene rings is 1. The summed E-state index contributed by atoms with van der Waals surface area (Å²) in [5, 5.41) is 9.38. The second-order valence-electron chi connectivity index (χ2n) is 7.52. The van der Waals surface area contributed by atoms with Crippen LogP contribution >= 0.6 is 0 Å². The summed E-state index contributed by atoms with van der Waals surface area (Å²) in [6, 6.07) is 9.16. The summed E-state index contributed by atoms with van der Waals surface area (Å²) < 4.78 is 28.7. The molecule has 26 heavy (non-hydrogen) atoms. The van der Waals surface area contributed by atoms with E-state index in [1.165, 1.54) is 0 Å². The van der Waals surface area contributed by atoms with Gasteiger partial charge in [-0.25, -0.2) is 8.42 Å². The molecule has 1 saturated carbocycles. The van der Waals surface area contributed by atoms with Crippen LogP contribution in [-0.4, -0.2) is 24.8 Å². The van der Waals surface area contributed by atoms with Crippen molar-refractivity contribution >= 4 is 10.0 Å². The van der Waals surface area contributed by atoms with Crippen LogP contribution in [-0.2, 0) is 10.0 Å². The highest BCUT2D eigenvalue weighted by Gasteiger charge is 2.57. The lowest BCUT2D eigenvalue weighted by atomic mass is 9.70. The first-order valence-corrected chi connectivity index (χ1v) is 10.6. The summed E-state index contributed by atoms with van der Waals surface area (Å²) in [5.74, 6) is -0.272. The van der Waals surface area contributed by atoms with Gasteiger partial charge in [0.1, 0.15) is 0 Å². The molecular formula is C21H26N2O2S. The van der Waals surface area contributed by atoms with Crippen molar-refractivity contribution in [2.24, 2.45) is 11.8 Å². The average Bonchev–Trinajstić information content (AvgIpc) is 2.96. The summed E-state index contributed by atoms with van der Waals surface area (Å²) >= 11 is 0. The van der Waals surface area contributed by atoms with Gasteiger partial charge in [0, 0.05) is 29.5 Å². The van der Waals surface area contributed by atoms with Crippen molar-refractivity contribution < 1.29 is 8.42 Å². The summed E-state index contributed by atoms with van der Waals surface area (Å²) in [6.45, 7) is 10.1. The highest BCUT2D eigenvalue weighted by atomic mass is 32.2. The van der Waals surface area contributed by atoms with E-state index in [2.05, 4.69) is 19.2 Å². The first-order chi connectivity index (χ1) is 12.4. The molecule has 138 valence electrons. The smallest absolute Gasteiger partial charge is 0.207 e. The molecule has 2 fully saturated rings. The van der Waals surface area contributed by atoms with Gasteiger partial charge in [-0.05, 0) is 31.9 Å². The van der Waals surface area contributed by atoms with E-state index >= 15 is 0 Å². The molecule has 0 radical (unpaired) electrons. The maximum absolute atomic E-state index is 13.5. The molecule has 4 nitrogen and oxygen atoms in total. The van der Waals surface area contributed by atoms with Crippen LogP contribution in [0.4, 0.5) is 0 Å². The number of aryl methyl sites for hydroxylation is 1. The number of hydrogen-bond acceptors (Lipinski definition) is 3. The van der Waals surface area contributed by atoms with Crippen LogP contribution in [0, 0.1) is 30.1 Å². The molecule has 2 aliphatic rings. The predicted molar refractivity (Wildman–Crippen MR) is 103 cm³/mol. The van der Waals surface area contributed by atoms with E-state index in [0.717, 1.165) is 37.7 Å². The van der Waals surface area contributed by atoms with E-state index in [-0.39, 0.29) is 11.8 Å². The maximum Gasteiger partial charge on any atom is 0.243 e. The maximum atomic E-state index is 13.5. The van der Waals surface area contributed by atoms with E-state index in [1.807, 2.05) is 25.1 Å². The molecule has 1 heterocycles. The van der Waals surface area contributed by atoms with Crippen LogP contribution in [0.15, 0.2) is 54.0 Å². The molecule has 0 amide bonds. The van der Waals surface area contributed by atoms with E-state index < -0.39 is 15.6 Å². The quantitative estimate of drug-likeness (QED) is 0.589. The highest BCUT2D eigenvalue weighted by molar-refractivity contribution is 7.89. The summed E-state index contributed by atoms with van der Waals surface area (Å²) in [7, 11) is -3.65. The Morgan fingerprint density at radius 3 is 2.42 bits per heavy atom. The fraction of sp³-hybridized carbons (Fsp3) is 0.476. The topological polar surface area (TPSA) is 61.2 Å². The normalized spacial score (nSPS) is 25.7. The zero-order valence-corrected chi connectivity index (χ0v) is 16.1. The summed E-state index contributed by atoms with van der Waals surface area (Å²) in [5.41, 5.74) is 0.979. The third-order valence-corrected chi connectivity index (χ3v) is 8.05. The van der Waals surface area contributed by atoms with Crippen LogP contribution in [0.2, 0.25) is 0 Å². The number of nitriles is 1. The van der Waals surface area contributed by atoms with Crippen molar-refractivity contribution in [3.63, 3.8) is 0 Å². The molecule has 0 N–H and O–H groups in total. The van der Waals surface area contributed by atoms with E-state index in [4.69, 9.17) is 0 Å². The van der Waals surface area contributed by atoms with Crippen molar-refractivity contribution in [1.29, 1.82) is 5.26 Å². The van der Waals surface area contributed by atoms with Gasteiger partial charge >= 0.3 is 0 Å². The van der Waals surface area contributed by atoms with Crippen molar-refractivity contribution in [1.82, 2.24) is 4.31 Å². The minimum absolute atomic E-state index is 0.0739. The Bertz CT molecular complexity index is 843. The summed E-state index contributed by atoms with van der Waals surface area (Å²) in [4.78, 5) is 0.319. The zero-order chi connectivity index (χ0) is 18.9. The zero-order valence-electron chi connectivity index (χ0n) is 15.3. The molecule has 1 saturated heterocycles. The molecule has 1 aliphatic carbocycles. The van der Waals surface area contributed by atoms with Gasteiger partial charge in [0.15, 0.2) is 0 Å². The molecule has 1 spiro atoms. The Morgan fingerprint density at radius 2 is 1.88 bits per heavy atom. The van der Waals surface area contributed by atoms with Crippen molar-refractivity contribution in [3.8, 4) is 6.07 Å². The highest BCUT2D eigenvalue weighted by Crippen LogP contribution is 2.52. The third-order valence-electron chi connectivity index (χ3n) is 6.09. The van der Waals surface area contributed by atoms with Crippen LogP contribution < -0.4 is 0 Å². The average molecular weight is 371 g/mol. The predicted octanol–water partition coefficient (Wildman–Crippen LogP) is 4.20. The van der Waals surface area contributed by atoms with Crippen LogP contribution in [0.1, 0.15) is 37.7 Å². The number of nitrogens with zero attached hydrogens (tertiary/aromatic N) is 2. The number of rotatable bonds is 4. The van der Waals surface area contributed by atoms with Crippen LogP contribution in [0.3, 0.4) is 0 Å². The fourth-order valence-electron chi connectivity index (χ4n) is 4.73. The number of hydrogen-bond donors (Lipinski definition) is 0.